The lowest BCUT2D eigenvalue weighted by Gasteiger charge is -2.16. The summed E-state index contributed by atoms with van der Waals surface area (Å²) in [6.45, 7) is 1.97. The average Bonchev–Trinajstić information content (AvgIpc) is 2.49. The standard InChI is InChI=1S/C14H19N5O2/c1-9-8-15-14(18-12(9)19(2)3)16-10-6-7-11(20-4)17-13(10)21-5/h6-8H,1-5H3,(H,15,16,18). The second-order valence-electron chi connectivity index (χ2n) is 4.63. The van der Waals surface area contributed by atoms with Gasteiger partial charge in [-0.05, 0) is 13.0 Å². The predicted octanol–water partition coefficient (Wildman–Crippen LogP) is 2.01. The van der Waals surface area contributed by atoms with E-state index in [1.807, 2.05) is 32.0 Å². The van der Waals surface area contributed by atoms with E-state index in [4.69, 9.17) is 9.47 Å². The smallest absolute Gasteiger partial charge is 0.240 e. The highest BCUT2D eigenvalue weighted by Gasteiger charge is 2.10. The summed E-state index contributed by atoms with van der Waals surface area (Å²) in [6.07, 6.45) is 1.77. The fraction of sp³-hybridized carbons (Fsp3) is 0.357. The molecule has 2 heterocycles. The van der Waals surface area contributed by atoms with Crippen LogP contribution in [0.5, 0.6) is 11.8 Å². The van der Waals surface area contributed by atoms with Gasteiger partial charge in [0, 0.05) is 31.9 Å². The Morgan fingerprint density at radius 3 is 2.48 bits per heavy atom. The van der Waals surface area contributed by atoms with E-state index in [9.17, 15) is 0 Å². The zero-order chi connectivity index (χ0) is 15.4. The van der Waals surface area contributed by atoms with Crippen LogP contribution in [0.4, 0.5) is 17.5 Å². The number of aryl methyl sites for hydroxylation is 1. The lowest BCUT2D eigenvalue weighted by molar-refractivity contribution is 0.366. The minimum Gasteiger partial charge on any atom is -0.481 e. The number of nitrogens with zero attached hydrogens (tertiary/aromatic N) is 4. The van der Waals surface area contributed by atoms with Gasteiger partial charge in [0.25, 0.3) is 0 Å². The first-order valence-electron chi connectivity index (χ1n) is 6.42. The van der Waals surface area contributed by atoms with Crippen molar-refractivity contribution in [3.05, 3.63) is 23.9 Å². The van der Waals surface area contributed by atoms with Gasteiger partial charge >= 0.3 is 0 Å². The normalized spacial score (nSPS) is 10.1. The Morgan fingerprint density at radius 2 is 1.86 bits per heavy atom. The van der Waals surface area contributed by atoms with Crippen molar-refractivity contribution in [3.63, 3.8) is 0 Å². The monoisotopic (exact) mass is 289 g/mol. The molecule has 0 amide bonds. The van der Waals surface area contributed by atoms with Gasteiger partial charge in [-0.2, -0.15) is 9.97 Å². The summed E-state index contributed by atoms with van der Waals surface area (Å²) < 4.78 is 10.3. The van der Waals surface area contributed by atoms with Crippen LogP contribution >= 0.6 is 0 Å². The Bertz CT molecular complexity index is 631. The molecule has 0 aliphatic rings. The van der Waals surface area contributed by atoms with E-state index in [-0.39, 0.29) is 0 Å². The van der Waals surface area contributed by atoms with Gasteiger partial charge in [0.15, 0.2) is 0 Å². The Hall–Kier alpha value is -2.57. The molecule has 0 aliphatic heterocycles. The number of hydrogen-bond donors (Lipinski definition) is 1. The third kappa shape index (κ3) is 3.31. The summed E-state index contributed by atoms with van der Waals surface area (Å²) in [4.78, 5) is 14.9. The Labute approximate surface area is 124 Å². The van der Waals surface area contributed by atoms with Gasteiger partial charge in [0.05, 0.1) is 14.2 Å². The van der Waals surface area contributed by atoms with Crippen LogP contribution in [0.2, 0.25) is 0 Å². The second-order valence-corrected chi connectivity index (χ2v) is 4.63. The maximum Gasteiger partial charge on any atom is 0.240 e. The van der Waals surface area contributed by atoms with Crippen LogP contribution in [0.25, 0.3) is 0 Å². The molecule has 0 radical (unpaired) electrons. The molecule has 1 N–H and O–H groups in total. The Morgan fingerprint density at radius 1 is 1.10 bits per heavy atom. The van der Waals surface area contributed by atoms with Crippen molar-refractivity contribution in [2.45, 2.75) is 6.92 Å². The molecule has 2 aromatic rings. The minimum atomic E-state index is 0.421. The predicted molar refractivity (Wildman–Crippen MR) is 81.7 cm³/mol. The van der Waals surface area contributed by atoms with Crippen LogP contribution in [0, 0.1) is 6.92 Å². The molecule has 0 aromatic carbocycles. The summed E-state index contributed by atoms with van der Waals surface area (Å²) in [5.41, 5.74) is 1.68. The van der Waals surface area contributed by atoms with Crippen LogP contribution in [0.3, 0.4) is 0 Å². The number of methoxy groups -OCH3 is 2. The minimum absolute atomic E-state index is 0.421. The zero-order valence-electron chi connectivity index (χ0n) is 12.8. The van der Waals surface area contributed by atoms with E-state index in [1.165, 1.54) is 0 Å². The highest BCUT2D eigenvalue weighted by atomic mass is 16.5. The van der Waals surface area contributed by atoms with E-state index < -0.39 is 0 Å². The largest absolute Gasteiger partial charge is 0.481 e. The number of aromatic nitrogens is 3. The number of anilines is 3. The fourth-order valence-electron chi connectivity index (χ4n) is 1.85. The molecule has 0 unspecified atom stereocenters. The van der Waals surface area contributed by atoms with Crippen molar-refractivity contribution in [3.8, 4) is 11.8 Å². The Balaban J connectivity index is 2.32. The lowest BCUT2D eigenvalue weighted by atomic mass is 10.3. The number of hydrogen-bond acceptors (Lipinski definition) is 7. The summed E-state index contributed by atoms with van der Waals surface area (Å²) in [6, 6.07) is 3.55. The van der Waals surface area contributed by atoms with Crippen molar-refractivity contribution in [2.75, 3.05) is 38.5 Å². The average molecular weight is 289 g/mol. The summed E-state index contributed by atoms with van der Waals surface area (Å²) in [7, 11) is 6.98. The third-order valence-corrected chi connectivity index (χ3v) is 2.85. The zero-order valence-corrected chi connectivity index (χ0v) is 12.8. The number of nitrogens with one attached hydrogen (secondary N) is 1. The summed E-state index contributed by atoms with van der Waals surface area (Å²) in [5, 5.41) is 3.11. The maximum atomic E-state index is 5.24. The van der Waals surface area contributed by atoms with Crippen molar-refractivity contribution in [1.29, 1.82) is 0 Å². The van der Waals surface area contributed by atoms with E-state index in [0.717, 1.165) is 11.4 Å². The molecular formula is C14H19N5O2. The molecule has 0 spiro atoms. The van der Waals surface area contributed by atoms with Crippen LogP contribution in [0.1, 0.15) is 5.56 Å². The fourth-order valence-corrected chi connectivity index (χ4v) is 1.85. The van der Waals surface area contributed by atoms with Crippen LogP contribution in [-0.4, -0.2) is 43.3 Å². The van der Waals surface area contributed by atoms with Gasteiger partial charge in [-0.15, -0.1) is 0 Å². The van der Waals surface area contributed by atoms with Crippen LogP contribution in [0.15, 0.2) is 18.3 Å². The molecular weight excluding hydrogens is 270 g/mol. The first-order valence-corrected chi connectivity index (χ1v) is 6.42. The van der Waals surface area contributed by atoms with E-state index in [1.54, 1.807) is 26.5 Å². The van der Waals surface area contributed by atoms with Gasteiger partial charge in [-0.1, -0.05) is 0 Å². The second kappa shape index (κ2) is 6.25. The lowest BCUT2D eigenvalue weighted by Crippen LogP contribution is -2.14. The first kappa shape index (κ1) is 14.8. The molecule has 2 rings (SSSR count). The number of pyridine rings is 1. The van der Waals surface area contributed by atoms with Crippen molar-refractivity contribution in [2.24, 2.45) is 0 Å². The van der Waals surface area contributed by atoms with Crippen molar-refractivity contribution >= 4 is 17.5 Å². The molecule has 0 saturated heterocycles. The molecule has 7 heteroatoms. The van der Waals surface area contributed by atoms with Crippen LogP contribution < -0.4 is 19.7 Å². The van der Waals surface area contributed by atoms with Gasteiger partial charge in [0.2, 0.25) is 17.7 Å². The van der Waals surface area contributed by atoms with Crippen molar-refractivity contribution < 1.29 is 9.47 Å². The van der Waals surface area contributed by atoms with Crippen molar-refractivity contribution in [1.82, 2.24) is 15.0 Å². The summed E-state index contributed by atoms with van der Waals surface area (Å²) in [5.74, 6) is 2.24. The van der Waals surface area contributed by atoms with E-state index in [0.29, 0.717) is 23.4 Å². The van der Waals surface area contributed by atoms with Gasteiger partial charge in [-0.3, -0.25) is 0 Å². The molecule has 7 nitrogen and oxygen atoms in total. The molecule has 0 saturated carbocycles. The van der Waals surface area contributed by atoms with Gasteiger partial charge in [-0.25, -0.2) is 4.98 Å². The highest BCUT2D eigenvalue weighted by Crippen LogP contribution is 2.27. The van der Waals surface area contributed by atoms with E-state index in [2.05, 4.69) is 20.3 Å². The molecule has 112 valence electrons. The molecule has 0 aliphatic carbocycles. The quantitative estimate of drug-likeness (QED) is 0.902. The van der Waals surface area contributed by atoms with Crippen LogP contribution in [-0.2, 0) is 0 Å². The topological polar surface area (TPSA) is 72.4 Å². The SMILES string of the molecule is COc1ccc(Nc2ncc(C)c(N(C)C)n2)c(OC)n1. The molecule has 21 heavy (non-hydrogen) atoms. The third-order valence-electron chi connectivity index (χ3n) is 2.85. The number of ether oxygens (including phenoxy) is 2. The highest BCUT2D eigenvalue weighted by molar-refractivity contribution is 5.62. The number of rotatable bonds is 5. The summed E-state index contributed by atoms with van der Waals surface area (Å²) >= 11 is 0. The molecule has 0 atom stereocenters. The molecule has 2 aromatic heterocycles. The Kier molecular flexibility index (Phi) is 4.42. The maximum absolute atomic E-state index is 5.24. The first-order chi connectivity index (χ1) is 10.0. The van der Waals surface area contributed by atoms with Gasteiger partial charge in [0.1, 0.15) is 11.5 Å². The van der Waals surface area contributed by atoms with Gasteiger partial charge < -0.3 is 19.7 Å². The molecule has 0 bridgehead atoms. The van der Waals surface area contributed by atoms with E-state index >= 15 is 0 Å². The molecule has 0 fully saturated rings.